The van der Waals surface area contributed by atoms with E-state index in [2.05, 4.69) is 35.0 Å². The number of methoxy groups -OCH3 is 1. The van der Waals surface area contributed by atoms with E-state index in [0.29, 0.717) is 19.8 Å². The van der Waals surface area contributed by atoms with Gasteiger partial charge < -0.3 is 14.8 Å². The van der Waals surface area contributed by atoms with Gasteiger partial charge in [0.2, 0.25) is 0 Å². The van der Waals surface area contributed by atoms with Crippen molar-refractivity contribution in [2.45, 2.75) is 33.4 Å². The summed E-state index contributed by atoms with van der Waals surface area (Å²) in [5.74, 6) is 0. The molecule has 0 aliphatic heterocycles. The maximum absolute atomic E-state index is 5.39. The van der Waals surface area contributed by atoms with E-state index in [4.69, 9.17) is 9.47 Å². The monoisotopic (exact) mass is 255 g/mol. The summed E-state index contributed by atoms with van der Waals surface area (Å²) >= 11 is 0. The van der Waals surface area contributed by atoms with Crippen LogP contribution in [0.3, 0.4) is 0 Å². The van der Waals surface area contributed by atoms with Gasteiger partial charge in [-0.3, -0.25) is 4.68 Å². The number of rotatable bonds is 10. The molecule has 0 amide bonds. The second kappa shape index (κ2) is 9.08. The first-order valence-corrected chi connectivity index (χ1v) is 6.64. The molecule has 5 heteroatoms. The Morgan fingerprint density at radius 3 is 2.78 bits per heavy atom. The summed E-state index contributed by atoms with van der Waals surface area (Å²) in [5.41, 5.74) is 2.40. The molecule has 104 valence electrons. The molecule has 1 aromatic heterocycles. The van der Waals surface area contributed by atoms with Crippen LogP contribution in [-0.4, -0.2) is 43.3 Å². The second-order valence-electron chi connectivity index (χ2n) is 4.08. The quantitative estimate of drug-likeness (QED) is 0.639. The molecule has 1 heterocycles. The van der Waals surface area contributed by atoms with Crippen molar-refractivity contribution in [3.63, 3.8) is 0 Å². The standard InChI is InChI=1S/C13H25N3O2/c1-4-12-10-13(16(5-2)15-12)11-14-6-7-18-9-8-17-3/h10,14H,4-9,11H2,1-3H3. The van der Waals surface area contributed by atoms with E-state index in [1.807, 2.05) is 0 Å². The largest absolute Gasteiger partial charge is 0.382 e. The average Bonchev–Trinajstić information content (AvgIpc) is 2.80. The van der Waals surface area contributed by atoms with Crippen molar-refractivity contribution in [3.8, 4) is 0 Å². The first-order chi connectivity index (χ1) is 8.81. The van der Waals surface area contributed by atoms with Crippen molar-refractivity contribution in [1.82, 2.24) is 15.1 Å². The van der Waals surface area contributed by atoms with Crippen LogP contribution in [0, 0.1) is 0 Å². The van der Waals surface area contributed by atoms with E-state index in [9.17, 15) is 0 Å². The van der Waals surface area contributed by atoms with E-state index in [1.54, 1.807) is 7.11 Å². The van der Waals surface area contributed by atoms with Crippen LogP contribution in [0.2, 0.25) is 0 Å². The molecule has 1 N–H and O–H groups in total. The lowest BCUT2D eigenvalue weighted by molar-refractivity contribution is 0.0718. The molecular formula is C13H25N3O2. The molecule has 0 spiro atoms. The van der Waals surface area contributed by atoms with Gasteiger partial charge in [0.05, 0.1) is 31.2 Å². The molecule has 0 fully saturated rings. The van der Waals surface area contributed by atoms with Crippen LogP contribution in [0.1, 0.15) is 25.2 Å². The summed E-state index contributed by atoms with van der Waals surface area (Å²) in [6.07, 6.45) is 0.986. The molecule has 1 aromatic rings. The predicted octanol–water partition coefficient (Wildman–Crippen LogP) is 1.22. The molecule has 0 aliphatic rings. The third-order valence-corrected chi connectivity index (χ3v) is 2.74. The van der Waals surface area contributed by atoms with Crippen molar-refractivity contribution in [2.75, 3.05) is 33.5 Å². The van der Waals surface area contributed by atoms with Crippen molar-refractivity contribution in [2.24, 2.45) is 0 Å². The normalized spacial score (nSPS) is 11.1. The number of hydrogen-bond donors (Lipinski definition) is 1. The van der Waals surface area contributed by atoms with Gasteiger partial charge in [0, 0.05) is 26.7 Å². The third kappa shape index (κ3) is 5.16. The zero-order valence-corrected chi connectivity index (χ0v) is 11.7. The van der Waals surface area contributed by atoms with E-state index in [1.165, 1.54) is 5.69 Å². The fourth-order valence-electron chi connectivity index (χ4n) is 1.71. The lowest BCUT2D eigenvalue weighted by atomic mass is 10.3. The van der Waals surface area contributed by atoms with E-state index in [0.717, 1.165) is 31.7 Å². The highest BCUT2D eigenvalue weighted by Crippen LogP contribution is 2.05. The molecule has 0 aliphatic carbocycles. The van der Waals surface area contributed by atoms with Crippen molar-refractivity contribution < 1.29 is 9.47 Å². The van der Waals surface area contributed by atoms with Gasteiger partial charge in [0.1, 0.15) is 0 Å². The SMILES string of the molecule is CCc1cc(CNCCOCCOC)n(CC)n1. The zero-order chi connectivity index (χ0) is 13.2. The average molecular weight is 255 g/mol. The van der Waals surface area contributed by atoms with E-state index in [-0.39, 0.29) is 0 Å². The van der Waals surface area contributed by atoms with Gasteiger partial charge in [-0.1, -0.05) is 6.92 Å². The summed E-state index contributed by atoms with van der Waals surface area (Å²) in [7, 11) is 1.68. The number of ether oxygens (including phenoxy) is 2. The zero-order valence-electron chi connectivity index (χ0n) is 11.7. The van der Waals surface area contributed by atoms with Crippen LogP contribution in [0.5, 0.6) is 0 Å². The van der Waals surface area contributed by atoms with E-state index < -0.39 is 0 Å². The first kappa shape index (κ1) is 15.1. The Bertz CT molecular complexity index is 326. The molecule has 5 nitrogen and oxygen atoms in total. The Morgan fingerprint density at radius 2 is 2.11 bits per heavy atom. The van der Waals surface area contributed by atoms with Crippen molar-refractivity contribution >= 4 is 0 Å². The number of aromatic nitrogens is 2. The Hall–Kier alpha value is -0.910. The highest BCUT2D eigenvalue weighted by atomic mass is 16.5. The lowest BCUT2D eigenvalue weighted by Gasteiger charge is -2.07. The minimum Gasteiger partial charge on any atom is -0.382 e. The molecule has 0 atom stereocenters. The molecule has 1 rings (SSSR count). The van der Waals surface area contributed by atoms with Crippen LogP contribution in [0.25, 0.3) is 0 Å². The van der Waals surface area contributed by atoms with Crippen LogP contribution in [-0.2, 0) is 29.0 Å². The van der Waals surface area contributed by atoms with Gasteiger partial charge >= 0.3 is 0 Å². The molecule has 0 saturated heterocycles. The number of nitrogens with one attached hydrogen (secondary N) is 1. The molecule has 0 saturated carbocycles. The second-order valence-corrected chi connectivity index (χ2v) is 4.08. The van der Waals surface area contributed by atoms with Gasteiger partial charge in [0.25, 0.3) is 0 Å². The van der Waals surface area contributed by atoms with Crippen LogP contribution >= 0.6 is 0 Å². The topological polar surface area (TPSA) is 48.3 Å². The maximum atomic E-state index is 5.39. The fourth-order valence-corrected chi connectivity index (χ4v) is 1.71. The third-order valence-electron chi connectivity index (χ3n) is 2.74. The maximum Gasteiger partial charge on any atom is 0.0700 e. The van der Waals surface area contributed by atoms with Crippen molar-refractivity contribution in [3.05, 3.63) is 17.5 Å². The fraction of sp³-hybridized carbons (Fsp3) is 0.769. The molecule has 0 radical (unpaired) electrons. The number of nitrogens with zero attached hydrogens (tertiary/aromatic N) is 2. The Morgan fingerprint density at radius 1 is 1.28 bits per heavy atom. The summed E-state index contributed by atoms with van der Waals surface area (Å²) < 4.78 is 12.3. The predicted molar refractivity (Wildman–Crippen MR) is 71.7 cm³/mol. The molecule has 18 heavy (non-hydrogen) atoms. The van der Waals surface area contributed by atoms with Gasteiger partial charge in [-0.2, -0.15) is 5.10 Å². The molecule has 0 aromatic carbocycles. The number of aryl methyl sites for hydroxylation is 2. The molecule has 0 bridgehead atoms. The first-order valence-electron chi connectivity index (χ1n) is 6.64. The van der Waals surface area contributed by atoms with Crippen LogP contribution in [0.4, 0.5) is 0 Å². The van der Waals surface area contributed by atoms with E-state index >= 15 is 0 Å². The Labute approximate surface area is 109 Å². The lowest BCUT2D eigenvalue weighted by Crippen LogP contribution is -2.21. The van der Waals surface area contributed by atoms with Crippen LogP contribution < -0.4 is 5.32 Å². The minimum absolute atomic E-state index is 0.655. The van der Waals surface area contributed by atoms with Gasteiger partial charge in [-0.15, -0.1) is 0 Å². The van der Waals surface area contributed by atoms with Crippen molar-refractivity contribution in [1.29, 1.82) is 0 Å². The highest BCUT2D eigenvalue weighted by molar-refractivity contribution is 5.10. The summed E-state index contributed by atoms with van der Waals surface area (Å²) in [4.78, 5) is 0. The smallest absolute Gasteiger partial charge is 0.0700 e. The summed E-state index contributed by atoms with van der Waals surface area (Å²) in [5, 5.41) is 7.88. The number of hydrogen-bond acceptors (Lipinski definition) is 4. The summed E-state index contributed by atoms with van der Waals surface area (Å²) in [6.45, 7) is 8.88. The molecule has 0 unspecified atom stereocenters. The Balaban J connectivity index is 2.20. The Kier molecular flexibility index (Phi) is 7.64. The van der Waals surface area contributed by atoms with Gasteiger partial charge in [-0.25, -0.2) is 0 Å². The van der Waals surface area contributed by atoms with Crippen LogP contribution in [0.15, 0.2) is 6.07 Å². The minimum atomic E-state index is 0.655. The molecular weight excluding hydrogens is 230 g/mol. The van der Waals surface area contributed by atoms with Gasteiger partial charge in [-0.05, 0) is 19.4 Å². The summed E-state index contributed by atoms with van der Waals surface area (Å²) in [6, 6.07) is 2.17. The highest BCUT2D eigenvalue weighted by Gasteiger charge is 2.04. The van der Waals surface area contributed by atoms with Gasteiger partial charge in [0.15, 0.2) is 0 Å².